The normalized spacial score (nSPS) is 24.4. The summed E-state index contributed by atoms with van der Waals surface area (Å²) in [6.07, 6.45) is 4.74. The molecule has 2 atom stereocenters. The molecule has 2 saturated heterocycles. The standard InChI is InChI=1S/C33H48N2O3/c1-30(2)21-15-22-31(3,4)34(30)37-28(25-17-11-9-12-18-25)27(36)29(26-19-13-10-14-20-26)38-35-32(5,6)23-16-24-33(35,7)8/h9-14,17-20,28-29H,15-16,21-24H2,1-8H3. The Labute approximate surface area is 230 Å². The summed E-state index contributed by atoms with van der Waals surface area (Å²) in [4.78, 5) is 28.4. The van der Waals surface area contributed by atoms with Crippen molar-refractivity contribution in [3.8, 4) is 0 Å². The molecule has 2 heterocycles. The van der Waals surface area contributed by atoms with Crippen molar-refractivity contribution in [1.29, 1.82) is 0 Å². The summed E-state index contributed by atoms with van der Waals surface area (Å²) >= 11 is 0. The second kappa shape index (κ2) is 10.8. The smallest absolute Gasteiger partial charge is 0.203 e. The monoisotopic (exact) mass is 520 g/mol. The molecule has 2 aliphatic heterocycles. The molecule has 2 unspecified atom stereocenters. The van der Waals surface area contributed by atoms with Crippen molar-refractivity contribution >= 4 is 5.78 Å². The molecule has 5 heteroatoms. The minimum atomic E-state index is -0.797. The van der Waals surface area contributed by atoms with E-state index in [1.54, 1.807) is 0 Å². The maximum atomic E-state index is 14.7. The molecule has 2 aromatic carbocycles. The van der Waals surface area contributed by atoms with Gasteiger partial charge in [0.15, 0.2) is 12.2 Å². The zero-order chi connectivity index (χ0) is 27.8. The summed E-state index contributed by atoms with van der Waals surface area (Å²) in [7, 11) is 0. The van der Waals surface area contributed by atoms with Crippen LogP contribution in [0.2, 0.25) is 0 Å². The Morgan fingerprint density at radius 3 is 1.16 bits per heavy atom. The van der Waals surface area contributed by atoms with Gasteiger partial charge in [0.25, 0.3) is 0 Å². The van der Waals surface area contributed by atoms with Gasteiger partial charge < -0.3 is 0 Å². The van der Waals surface area contributed by atoms with Crippen LogP contribution in [0.3, 0.4) is 0 Å². The Hall–Kier alpha value is -2.05. The predicted octanol–water partition coefficient (Wildman–Crippen LogP) is 7.99. The van der Waals surface area contributed by atoms with Crippen molar-refractivity contribution in [2.75, 3.05) is 0 Å². The molecule has 38 heavy (non-hydrogen) atoms. The number of hydrogen-bond acceptors (Lipinski definition) is 5. The Balaban J connectivity index is 1.77. The summed E-state index contributed by atoms with van der Waals surface area (Å²) in [6.45, 7) is 17.7. The number of hydrogen-bond donors (Lipinski definition) is 0. The molecule has 0 amide bonds. The highest BCUT2D eigenvalue weighted by Gasteiger charge is 2.48. The Morgan fingerprint density at radius 2 is 0.868 bits per heavy atom. The highest BCUT2D eigenvalue weighted by atomic mass is 16.7. The molecule has 0 N–H and O–H groups in total. The molecule has 5 nitrogen and oxygen atoms in total. The van der Waals surface area contributed by atoms with Gasteiger partial charge in [0.2, 0.25) is 5.78 Å². The molecule has 0 aliphatic carbocycles. The third-order valence-electron chi connectivity index (χ3n) is 8.50. The van der Waals surface area contributed by atoms with Crippen molar-refractivity contribution in [3.05, 3.63) is 71.8 Å². The molecule has 0 spiro atoms. The SMILES string of the molecule is CC1(C)CCCC(C)(C)N1OC(C(=O)C(ON1C(C)(C)CCCC1(C)C)c1ccccc1)c1ccccc1. The predicted molar refractivity (Wildman–Crippen MR) is 153 cm³/mol. The van der Waals surface area contributed by atoms with E-state index in [2.05, 4.69) is 65.5 Å². The first kappa shape index (κ1) is 28.9. The van der Waals surface area contributed by atoms with Gasteiger partial charge in [-0.05, 0) is 105 Å². The van der Waals surface area contributed by atoms with E-state index in [-0.39, 0.29) is 27.9 Å². The maximum absolute atomic E-state index is 14.7. The number of Topliss-reactive ketones (excluding diaryl/α,β-unsaturated/α-hetero) is 1. The van der Waals surface area contributed by atoms with Crippen LogP contribution >= 0.6 is 0 Å². The lowest BCUT2D eigenvalue weighted by Crippen LogP contribution is -2.60. The van der Waals surface area contributed by atoms with Gasteiger partial charge in [-0.15, -0.1) is 0 Å². The van der Waals surface area contributed by atoms with Gasteiger partial charge in [0.1, 0.15) is 0 Å². The van der Waals surface area contributed by atoms with Crippen LogP contribution in [0.4, 0.5) is 0 Å². The average Bonchev–Trinajstić information content (AvgIpc) is 2.83. The van der Waals surface area contributed by atoms with Crippen molar-refractivity contribution in [1.82, 2.24) is 10.1 Å². The zero-order valence-corrected chi connectivity index (χ0v) is 24.8. The first-order chi connectivity index (χ1) is 17.7. The molecule has 2 fully saturated rings. The number of benzene rings is 2. The lowest BCUT2D eigenvalue weighted by atomic mass is 9.82. The molecule has 208 valence electrons. The molecular formula is C33H48N2O3. The molecule has 0 saturated carbocycles. The third kappa shape index (κ3) is 6.07. The molecule has 0 bridgehead atoms. The van der Waals surface area contributed by atoms with Gasteiger partial charge in [-0.2, -0.15) is 10.1 Å². The van der Waals surface area contributed by atoms with Gasteiger partial charge >= 0.3 is 0 Å². The van der Waals surface area contributed by atoms with Gasteiger partial charge in [0.05, 0.1) is 0 Å². The van der Waals surface area contributed by atoms with Crippen LogP contribution in [-0.4, -0.2) is 38.1 Å². The number of nitrogens with zero attached hydrogens (tertiary/aromatic N) is 2. The molecular weight excluding hydrogens is 472 g/mol. The van der Waals surface area contributed by atoms with E-state index in [0.717, 1.165) is 49.7 Å². The fourth-order valence-electron chi connectivity index (χ4n) is 6.68. The van der Waals surface area contributed by atoms with Crippen LogP contribution < -0.4 is 0 Å². The average molecular weight is 521 g/mol. The number of hydroxylamine groups is 4. The topological polar surface area (TPSA) is 42.0 Å². The van der Waals surface area contributed by atoms with Crippen molar-refractivity contribution in [2.45, 2.75) is 128 Å². The number of ketones is 1. The Bertz CT molecular complexity index is 960. The summed E-state index contributed by atoms with van der Waals surface area (Å²) in [5.74, 6) is -0.0863. The molecule has 0 aromatic heterocycles. The van der Waals surface area contributed by atoms with Crippen LogP contribution in [-0.2, 0) is 14.5 Å². The number of carbonyl (C=O) groups is 1. The van der Waals surface area contributed by atoms with Gasteiger partial charge in [0, 0.05) is 22.2 Å². The van der Waals surface area contributed by atoms with Gasteiger partial charge in [-0.1, -0.05) is 60.7 Å². The first-order valence-corrected chi connectivity index (χ1v) is 14.3. The Morgan fingerprint density at radius 1 is 0.579 bits per heavy atom. The largest absolute Gasteiger partial charge is 0.293 e. The second-order valence-corrected chi connectivity index (χ2v) is 13.7. The lowest BCUT2D eigenvalue weighted by molar-refractivity contribution is -0.317. The van der Waals surface area contributed by atoms with Crippen LogP contribution in [0.15, 0.2) is 60.7 Å². The summed E-state index contributed by atoms with van der Waals surface area (Å²) in [5, 5.41) is 4.19. The summed E-state index contributed by atoms with van der Waals surface area (Å²) in [6, 6.07) is 19.8. The van der Waals surface area contributed by atoms with E-state index >= 15 is 0 Å². The fraction of sp³-hybridized carbons (Fsp3) is 0.606. The minimum absolute atomic E-state index is 0.0863. The zero-order valence-electron chi connectivity index (χ0n) is 24.8. The maximum Gasteiger partial charge on any atom is 0.203 e. The molecule has 0 radical (unpaired) electrons. The number of carbonyl (C=O) groups excluding carboxylic acids is 1. The Kier molecular flexibility index (Phi) is 8.26. The van der Waals surface area contributed by atoms with E-state index in [0.29, 0.717) is 0 Å². The van der Waals surface area contributed by atoms with Crippen molar-refractivity contribution in [2.24, 2.45) is 0 Å². The summed E-state index contributed by atoms with van der Waals surface area (Å²) < 4.78 is 0. The van der Waals surface area contributed by atoms with Crippen molar-refractivity contribution in [3.63, 3.8) is 0 Å². The van der Waals surface area contributed by atoms with Crippen LogP contribution in [0.1, 0.15) is 117 Å². The van der Waals surface area contributed by atoms with E-state index in [4.69, 9.17) is 9.68 Å². The van der Waals surface area contributed by atoms with E-state index in [9.17, 15) is 4.79 Å². The van der Waals surface area contributed by atoms with Crippen LogP contribution in [0, 0.1) is 0 Å². The lowest BCUT2D eigenvalue weighted by Gasteiger charge is -2.53. The fourth-order valence-corrected chi connectivity index (χ4v) is 6.68. The van der Waals surface area contributed by atoms with E-state index in [1.165, 1.54) is 0 Å². The number of rotatable bonds is 8. The van der Waals surface area contributed by atoms with E-state index < -0.39 is 12.2 Å². The molecule has 2 aliphatic rings. The quantitative estimate of drug-likeness (QED) is 0.353. The molecule has 2 aromatic rings. The van der Waals surface area contributed by atoms with E-state index in [1.807, 2.05) is 60.7 Å². The van der Waals surface area contributed by atoms with Crippen molar-refractivity contribution < 1.29 is 14.5 Å². The van der Waals surface area contributed by atoms with Gasteiger partial charge in [-0.3, -0.25) is 14.5 Å². The minimum Gasteiger partial charge on any atom is -0.293 e. The highest BCUT2D eigenvalue weighted by molar-refractivity contribution is 5.89. The van der Waals surface area contributed by atoms with Gasteiger partial charge in [-0.25, -0.2) is 0 Å². The van der Waals surface area contributed by atoms with Crippen LogP contribution in [0.5, 0.6) is 0 Å². The summed E-state index contributed by atoms with van der Waals surface area (Å²) in [5.41, 5.74) is 0.890. The molecule has 4 rings (SSSR count). The highest BCUT2D eigenvalue weighted by Crippen LogP contribution is 2.44. The second-order valence-electron chi connectivity index (χ2n) is 13.7. The first-order valence-electron chi connectivity index (χ1n) is 14.3. The third-order valence-corrected chi connectivity index (χ3v) is 8.50. The van der Waals surface area contributed by atoms with Crippen LogP contribution in [0.25, 0.3) is 0 Å². The number of piperidine rings is 2.